The number of Topliss-reactive ketones (excluding diaryl/α,β-unsaturated/α-hetero) is 1. The van der Waals surface area contributed by atoms with E-state index in [0.29, 0.717) is 11.1 Å². The van der Waals surface area contributed by atoms with Gasteiger partial charge >= 0.3 is 0 Å². The lowest BCUT2D eigenvalue weighted by Crippen LogP contribution is -2.46. The number of benzene rings is 3. The van der Waals surface area contributed by atoms with Gasteiger partial charge in [-0.25, -0.2) is 0 Å². The number of hydrogen-bond acceptors (Lipinski definition) is 3. The Bertz CT molecular complexity index is 937. The van der Waals surface area contributed by atoms with Crippen LogP contribution in [0, 0.1) is 13.8 Å². The molecule has 136 valence electrons. The van der Waals surface area contributed by atoms with Crippen LogP contribution >= 0.6 is 0 Å². The maximum atomic E-state index is 13.0. The number of hydrogen-bond donors (Lipinski definition) is 2. The molecule has 3 aromatic carbocycles. The predicted molar refractivity (Wildman–Crippen MR) is 108 cm³/mol. The molecule has 2 N–H and O–H groups in total. The van der Waals surface area contributed by atoms with Crippen molar-refractivity contribution in [2.75, 3.05) is 5.32 Å². The molecule has 3 rings (SSSR count). The van der Waals surface area contributed by atoms with Crippen LogP contribution in [0.25, 0.3) is 0 Å². The molecule has 0 unspecified atom stereocenters. The summed E-state index contributed by atoms with van der Waals surface area (Å²) in [6.07, 6.45) is -0.873. The molecule has 0 aliphatic rings. The molecule has 0 heterocycles. The zero-order valence-corrected chi connectivity index (χ0v) is 15.4. The summed E-state index contributed by atoms with van der Waals surface area (Å²) in [7, 11) is 0. The number of aryl methyl sites for hydroxylation is 2. The molecule has 27 heavy (non-hydrogen) atoms. The van der Waals surface area contributed by atoms with Gasteiger partial charge in [-0.05, 0) is 49.2 Å². The summed E-state index contributed by atoms with van der Waals surface area (Å²) >= 11 is 0. The van der Waals surface area contributed by atoms with E-state index in [1.807, 2.05) is 44.2 Å². The van der Waals surface area contributed by atoms with Crippen LogP contribution in [0.5, 0.6) is 0 Å². The van der Waals surface area contributed by atoms with E-state index in [4.69, 9.17) is 0 Å². The standard InChI is InChI=1S/C23H22N2O2/c1-16-13-14-20(15-17(16)2)24-22(21(26)18-9-5-3-6-10-18)25-23(27)19-11-7-4-8-12-19/h3-15,22,24H,1-2H3,(H,25,27)/t22-/m0/s1. The Morgan fingerprint density at radius 3 is 1.93 bits per heavy atom. The predicted octanol–water partition coefficient (Wildman–Crippen LogP) is 4.35. The monoisotopic (exact) mass is 358 g/mol. The van der Waals surface area contributed by atoms with Crippen molar-refractivity contribution >= 4 is 17.4 Å². The van der Waals surface area contributed by atoms with Crippen LogP contribution in [0.15, 0.2) is 78.9 Å². The molecule has 0 aliphatic carbocycles. The van der Waals surface area contributed by atoms with Crippen LogP contribution < -0.4 is 10.6 Å². The fourth-order valence-corrected chi connectivity index (χ4v) is 2.74. The first-order chi connectivity index (χ1) is 13.0. The highest BCUT2D eigenvalue weighted by molar-refractivity contribution is 6.05. The van der Waals surface area contributed by atoms with Gasteiger partial charge in [-0.2, -0.15) is 0 Å². The van der Waals surface area contributed by atoms with Gasteiger partial charge in [-0.15, -0.1) is 0 Å². The van der Waals surface area contributed by atoms with Crippen molar-refractivity contribution in [3.8, 4) is 0 Å². The Morgan fingerprint density at radius 2 is 1.33 bits per heavy atom. The topological polar surface area (TPSA) is 58.2 Å². The summed E-state index contributed by atoms with van der Waals surface area (Å²) in [6.45, 7) is 4.04. The van der Waals surface area contributed by atoms with E-state index in [0.717, 1.165) is 11.3 Å². The molecule has 0 saturated carbocycles. The number of carbonyl (C=O) groups is 2. The second-order valence-corrected chi connectivity index (χ2v) is 6.45. The van der Waals surface area contributed by atoms with Crippen LogP contribution in [0.3, 0.4) is 0 Å². The molecular formula is C23H22N2O2. The van der Waals surface area contributed by atoms with Crippen LogP contribution in [0.2, 0.25) is 0 Å². The Balaban J connectivity index is 1.87. The average Bonchev–Trinajstić information content (AvgIpc) is 2.71. The minimum Gasteiger partial charge on any atom is -0.359 e. The summed E-state index contributed by atoms with van der Waals surface area (Å²) in [4.78, 5) is 25.6. The van der Waals surface area contributed by atoms with Crippen molar-refractivity contribution in [1.29, 1.82) is 0 Å². The first kappa shape index (κ1) is 18.4. The van der Waals surface area contributed by atoms with Crippen LogP contribution in [0.1, 0.15) is 31.8 Å². The fourth-order valence-electron chi connectivity index (χ4n) is 2.74. The number of nitrogens with one attached hydrogen (secondary N) is 2. The lowest BCUT2D eigenvalue weighted by atomic mass is 10.1. The van der Waals surface area contributed by atoms with E-state index in [1.54, 1.807) is 48.5 Å². The van der Waals surface area contributed by atoms with E-state index in [9.17, 15) is 9.59 Å². The van der Waals surface area contributed by atoms with E-state index >= 15 is 0 Å². The smallest absolute Gasteiger partial charge is 0.253 e. The third-order valence-corrected chi connectivity index (χ3v) is 4.45. The third kappa shape index (κ3) is 4.61. The molecule has 0 spiro atoms. The highest BCUT2D eigenvalue weighted by Gasteiger charge is 2.22. The van der Waals surface area contributed by atoms with Crippen molar-refractivity contribution in [3.63, 3.8) is 0 Å². The number of rotatable bonds is 6. The van der Waals surface area contributed by atoms with Crippen LogP contribution in [-0.2, 0) is 0 Å². The van der Waals surface area contributed by atoms with Gasteiger partial charge in [0.05, 0.1) is 0 Å². The lowest BCUT2D eigenvalue weighted by Gasteiger charge is -2.21. The summed E-state index contributed by atoms with van der Waals surface area (Å²) < 4.78 is 0. The van der Waals surface area contributed by atoms with Crippen LogP contribution in [0.4, 0.5) is 5.69 Å². The van der Waals surface area contributed by atoms with Gasteiger partial charge in [0.15, 0.2) is 6.17 Å². The number of anilines is 1. The molecule has 4 heteroatoms. The fraction of sp³-hybridized carbons (Fsp3) is 0.130. The highest BCUT2D eigenvalue weighted by Crippen LogP contribution is 2.16. The molecule has 4 nitrogen and oxygen atoms in total. The number of ketones is 1. The van der Waals surface area contributed by atoms with Gasteiger partial charge in [0.25, 0.3) is 5.91 Å². The Kier molecular flexibility index (Phi) is 5.67. The number of amides is 1. The van der Waals surface area contributed by atoms with E-state index < -0.39 is 6.17 Å². The SMILES string of the molecule is Cc1ccc(N[C@@H](NC(=O)c2ccccc2)C(=O)c2ccccc2)cc1C. The van der Waals surface area contributed by atoms with E-state index in [2.05, 4.69) is 10.6 Å². The van der Waals surface area contributed by atoms with Crippen molar-refractivity contribution in [2.45, 2.75) is 20.0 Å². The summed E-state index contributed by atoms with van der Waals surface area (Å²) in [5.41, 5.74) is 4.10. The second kappa shape index (κ2) is 8.32. The van der Waals surface area contributed by atoms with E-state index in [-0.39, 0.29) is 11.7 Å². The van der Waals surface area contributed by atoms with Gasteiger partial charge in [-0.1, -0.05) is 54.6 Å². The molecule has 0 fully saturated rings. The van der Waals surface area contributed by atoms with Gasteiger partial charge in [0.1, 0.15) is 0 Å². The van der Waals surface area contributed by atoms with Gasteiger partial charge in [0.2, 0.25) is 5.78 Å². The van der Waals surface area contributed by atoms with Gasteiger partial charge in [0, 0.05) is 16.8 Å². The highest BCUT2D eigenvalue weighted by atomic mass is 16.2. The van der Waals surface area contributed by atoms with Gasteiger partial charge < -0.3 is 10.6 Å². The van der Waals surface area contributed by atoms with E-state index in [1.165, 1.54) is 5.56 Å². The lowest BCUT2D eigenvalue weighted by molar-refractivity contribution is 0.0869. The van der Waals surface area contributed by atoms with Crippen LogP contribution in [-0.4, -0.2) is 17.9 Å². The molecule has 1 atom stereocenters. The zero-order valence-electron chi connectivity index (χ0n) is 15.4. The zero-order chi connectivity index (χ0) is 19.2. The quantitative estimate of drug-likeness (QED) is 0.509. The molecule has 1 amide bonds. The summed E-state index contributed by atoms with van der Waals surface area (Å²) in [6, 6.07) is 23.7. The number of carbonyl (C=O) groups excluding carboxylic acids is 2. The molecule has 0 radical (unpaired) electrons. The molecule has 0 bridgehead atoms. The van der Waals surface area contributed by atoms with Crippen molar-refractivity contribution in [3.05, 3.63) is 101 Å². The maximum absolute atomic E-state index is 13.0. The molecule has 0 saturated heterocycles. The Morgan fingerprint density at radius 1 is 0.741 bits per heavy atom. The van der Waals surface area contributed by atoms with Crippen molar-refractivity contribution < 1.29 is 9.59 Å². The molecule has 0 aromatic heterocycles. The first-order valence-corrected chi connectivity index (χ1v) is 8.83. The summed E-state index contributed by atoms with van der Waals surface area (Å²) in [5, 5.41) is 5.98. The normalized spacial score (nSPS) is 11.5. The average molecular weight is 358 g/mol. The second-order valence-electron chi connectivity index (χ2n) is 6.45. The Hall–Kier alpha value is -3.40. The summed E-state index contributed by atoms with van der Waals surface area (Å²) in [5.74, 6) is -0.501. The van der Waals surface area contributed by atoms with Gasteiger partial charge in [-0.3, -0.25) is 9.59 Å². The minimum atomic E-state index is -0.873. The van der Waals surface area contributed by atoms with Crippen molar-refractivity contribution in [2.24, 2.45) is 0 Å². The molecule has 3 aromatic rings. The third-order valence-electron chi connectivity index (χ3n) is 4.45. The Labute approximate surface area is 159 Å². The largest absolute Gasteiger partial charge is 0.359 e. The molecular weight excluding hydrogens is 336 g/mol. The molecule has 0 aliphatic heterocycles. The first-order valence-electron chi connectivity index (χ1n) is 8.83. The maximum Gasteiger partial charge on any atom is 0.253 e. The van der Waals surface area contributed by atoms with Crippen molar-refractivity contribution in [1.82, 2.24) is 5.32 Å². The minimum absolute atomic E-state index is 0.196.